The van der Waals surface area contributed by atoms with E-state index in [2.05, 4.69) is 22.5 Å². The van der Waals surface area contributed by atoms with Crippen LogP contribution in [0.15, 0.2) is 24.3 Å². The van der Waals surface area contributed by atoms with Crippen molar-refractivity contribution in [3.8, 4) is 0 Å². The molecule has 6 heteroatoms. The molecule has 1 aliphatic heterocycles. The number of benzene rings is 1. The van der Waals surface area contributed by atoms with E-state index >= 15 is 0 Å². The average molecular weight is 307 g/mol. The van der Waals surface area contributed by atoms with Crippen LogP contribution in [-0.2, 0) is 16.1 Å². The fourth-order valence-corrected chi connectivity index (χ4v) is 2.70. The molecule has 2 rings (SSSR count). The second kappa shape index (κ2) is 7.89. The molecule has 1 heterocycles. The quantitative estimate of drug-likeness (QED) is 0.799. The lowest BCUT2D eigenvalue weighted by Crippen LogP contribution is -2.45. The molecule has 2 amide bonds. The Morgan fingerprint density at radius 1 is 1.23 bits per heavy atom. The van der Waals surface area contributed by atoms with Crippen LogP contribution in [0.2, 0.25) is 0 Å². The molecule has 1 fully saturated rings. The van der Waals surface area contributed by atoms with E-state index in [0.717, 1.165) is 31.5 Å². The van der Waals surface area contributed by atoms with Gasteiger partial charge in [-0.05, 0) is 43.6 Å². The zero-order valence-corrected chi connectivity index (χ0v) is 12.8. The van der Waals surface area contributed by atoms with Gasteiger partial charge in [-0.2, -0.15) is 0 Å². The lowest BCUT2D eigenvalue weighted by Gasteiger charge is -2.22. The van der Waals surface area contributed by atoms with Crippen LogP contribution >= 0.6 is 0 Å². The fraction of sp³-hybridized carbons (Fsp3) is 0.500. The number of amides is 2. The maximum atomic E-state index is 12.8. The minimum Gasteiger partial charge on any atom is -0.346 e. The van der Waals surface area contributed by atoms with Crippen molar-refractivity contribution < 1.29 is 14.0 Å². The van der Waals surface area contributed by atoms with Crippen molar-refractivity contribution >= 4 is 11.8 Å². The van der Waals surface area contributed by atoms with Crippen molar-refractivity contribution in [3.05, 3.63) is 35.6 Å². The number of nitrogens with one attached hydrogen (secondary N) is 2. The Morgan fingerprint density at radius 2 is 1.91 bits per heavy atom. The molecule has 0 spiro atoms. The summed E-state index contributed by atoms with van der Waals surface area (Å²) >= 11 is 0. The van der Waals surface area contributed by atoms with Crippen molar-refractivity contribution in [3.63, 3.8) is 0 Å². The van der Waals surface area contributed by atoms with Crippen molar-refractivity contribution in [2.24, 2.45) is 0 Å². The van der Waals surface area contributed by atoms with Gasteiger partial charge < -0.3 is 10.6 Å². The fourth-order valence-electron chi connectivity index (χ4n) is 2.70. The van der Waals surface area contributed by atoms with Crippen molar-refractivity contribution in [2.75, 3.05) is 19.6 Å². The number of likely N-dealkylation sites (tertiary alicyclic amines) is 1. The molecular formula is C16H22FN3O2. The molecule has 0 aromatic heterocycles. The monoisotopic (exact) mass is 307 g/mol. The Bertz CT molecular complexity index is 519. The smallest absolute Gasteiger partial charge is 0.309 e. The number of hydrogen-bond donors (Lipinski definition) is 2. The molecule has 120 valence electrons. The summed E-state index contributed by atoms with van der Waals surface area (Å²) in [5, 5.41) is 5.21. The molecule has 5 nitrogen and oxygen atoms in total. The summed E-state index contributed by atoms with van der Waals surface area (Å²) in [7, 11) is 0. The molecule has 0 bridgehead atoms. The molecule has 1 aromatic rings. The maximum Gasteiger partial charge on any atom is 0.309 e. The number of likely N-dealkylation sites (N-methyl/N-ethyl adjacent to an activating group) is 1. The van der Waals surface area contributed by atoms with E-state index in [1.165, 1.54) is 12.1 Å². The predicted octanol–water partition coefficient (Wildman–Crippen LogP) is 1.04. The van der Waals surface area contributed by atoms with E-state index in [4.69, 9.17) is 0 Å². The third-order valence-corrected chi connectivity index (χ3v) is 3.98. The van der Waals surface area contributed by atoms with Crippen LogP contribution in [0.4, 0.5) is 4.39 Å². The first-order valence-corrected chi connectivity index (χ1v) is 7.64. The normalized spacial score (nSPS) is 18.2. The number of carbonyl (C=O) groups excluding carboxylic acids is 2. The highest BCUT2D eigenvalue weighted by Gasteiger charge is 2.24. The van der Waals surface area contributed by atoms with E-state index in [1.807, 2.05) is 0 Å². The predicted molar refractivity (Wildman–Crippen MR) is 81.5 cm³/mol. The van der Waals surface area contributed by atoms with Crippen LogP contribution in [-0.4, -0.2) is 42.4 Å². The van der Waals surface area contributed by atoms with Gasteiger partial charge in [-0.1, -0.05) is 19.1 Å². The molecule has 1 saturated heterocycles. The molecule has 0 radical (unpaired) electrons. The molecule has 1 aromatic carbocycles. The molecule has 22 heavy (non-hydrogen) atoms. The summed E-state index contributed by atoms with van der Waals surface area (Å²) in [5.74, 6) is -1.61. The lowest BCUT2D eigenvalue weighted by atomic mass is 10.2. The van der Waals surface area contributed by atoms with Gasteiger partial charge in [0.1, 0.15) is 5.82 Å². The molecule has 0 saturated carbocycles. The number of rotatable bonds is 5. The molecule has 0 aliphatic carbocycles. The number of hydrogen-bond acceptors (Lipinski definition) is 3. The van der Waals surface area contributed by atoms with E-state index in [0.29, 0.717) is 12.6 Å². The highest BCUT2D eigenvalue weighted by atomic mass is 19.1. The van der Waals surface area contributed by atoms with Gasteiger partial charge in [-0.3, -0.25) is 14.5 Å². The van der Waals surface area contributed by atoms with E-state index in [9.17, 15) is 14.0 Å². The van der Waals surface area contributed by atoms with Crippen LogP contribution in [0.25, 0.3) is 0 Å². The summed E-state index contributed by atoms with van der Waals surface area (Å²) in [5.41, 5.74) is 0.746. The second-order valence-corrected chi connectivity index (χ2v) is 5.44. The van der Waals surface area contributed by atoms with Gasteiger partial charge in [0.05, 0.1) is 0 Å². The standard InChI is InChI=1S/C16H22FN3O2/c1-2-20-9-3-4-14(20)11-19-16(22)15(21)18-10-12-5-7-13(17)8-6-12/h5-8,14H,2-4,9-11H2,1H3,(H,18,21)(H,19,22)/t14-/m1/s1. The van der Waals surface area contributed by atoms with Gasteiger partial charge in [-0.15, -0.1) is 0 Å². The summed E-state index contributed by atoms with van der Waals surface area (Å²) in [6.45, 7) is 4.80. The van der Waals surface area contributed by atoms with Gasteiger partial charge in [-0.25, -0.2) is 4.39 Å². The largest absolute Gasteiger partial charge is 0.346 e. The van der Waals surface area contributed by atoms with Gasteiger partial charge in [0.2, 0.25) is 0 Å². The Labute approximate surface area is 129 Å². The zero-order valence-electron chi connectivity index (χ0n) is 12.8. The number of carbonyl (C=O) groups is 2. The van der Waals surface area contributed by atoms with Crippen LogP contribution < -0.4 is 10.6 Å². The summed E-state index contributed by atoms with van der Waals surface area (Å²) in [4.78, 5) is 25.8. The Morgan fingerprint density at radius 3 is 2.59 bits per heavy atom. The van der Waals surface area contributed by atoms with Gasteiger partial charge in [0, 0.05) is 19.1 Å². The minimum atomic E-state index is -0.662. The Hall–Kier alpha value is -1.95. The molecule has 1 atom stereocenters. The zero-order chi connectivity index (χ0) is 15.9. The topological polar surface area (TPSA) is 61.4 Å². The van der Waals surface area contributed by atoms with Crippen LogP contribution in [0, 0.1) is 5.82 Å². The first kappa shape index (κ1) is 16.4. The van der Waals surface area contributed by atoms with Gasteiger partial charge in [0.25, 0.3) is 0 Å². The van der Waals surface area contributed by atoms with Crippen molar-refractivity contribution in [2.45, 2.75) is 32.4 Å². The first-order chi connectivity index (χ1) is 10.6. The average Bonchev–Trinajstić information content (AvgIpc) is 2.99. The highest BCUT2D eigenvalue weighted by Crippen LogP contribution is 2.15. The Balaban J connectivity index is 1.72. The summed E-state index contributed by atoms with van der Waals surface area (Å²) < 4.78 is 12.8. The maximum absolute atomic E-state index is 12.8. The van der Waals surface area contributed by atoms with Crippen molar-refractivity contribution in [1.29, 1.82) is 0 Å². The molecular weight excluding hydrogens is 285 g/mol. The third kappa shape index (κ3) is 4.53. The van der Waals surface area contributed by atoms with E-state index in [-0.39, 0.29) is 12.4 Å². The van der Waals surface area contributed by atoms with E-state index < -0.39 is 11.8 Å². The second-order valence-electron chi connectivity index (χ2n) is 5.44. The van der Waals surface area contributed by atoms with Crippen LogP contribution in [0.3, 0.4) is 0 Å². The molecule has 1 aliphatic rings. The van der Waals surface area contributed by atoms with E-state index in [1.54, 1.807) is 12.1 Å². The molecule has 2 N–H and O–H groups in total. The van der Waals surface area contributed by atoms with Crippen LogP contribution in [0.5, 0.6) is 0 Å². The van der Waals surface area contributed by atoms with Crippen molar-refractivity contribution in [1.82, 2.24) is 15.5 Å². The van der Waals surface area contributed by atoms with Crippen LogP contribution in [0.1, 0.15) is 25.3 Å². The number of halogens is 1. The highest BCUT2D eigenvalue weighted by molar-refractivity contribution is 6.35. The van der Waals surface area contributed by atoms with Gasteiger partial charge >= 0.3 is 11.8 Å². The third-order valence-electron chi connectivity index (χ3n) is 3.98. The first-order valence-electron chi connectivity index (χ1n) is 7.64. The molecule has 0 unspecified atom stereocenters. The summed E-state index contributed by atoms with van der Waals surface area (Å²) in [6.07, 6.45) is 2.18. The Kier molecular flexibility index (Phi) is 5.89. The van der Waals surface area contributed by atoms with Gasteiger partial charge in [0.15, 0.2) is 0 Å². The lowest BCUT2D eigenvalue weighted by molar-refractivity contribution is -0.139. The SMILES string of the molecule is CCN1CCC[C@@H]1CNC(=O)C(=O)NCc1ccc(F)cc1. The summed E-state index contributed by atoms with van der Waals surface area (Å²) in [6, 6.07) is 6.11. The minimum absolute atomic E-state index is 0.205. The number of nitrogens with zero attached hydrogens (tertiary/aromatic N) is 1.